The monoisotopic (exact) mass is 362 g/mol. The van der Waals surface area contributed by atoms with Crippen molar-refractivity contribution < 1.29 is 18.0 Å². The lowest BCUT2D eigenvalue weighted by Crippen LogP contribution is -2.55. The normalized spacial score (nSPS) is 21.4. The summed E-state index contributed by atoms with van der Waals surface area (Å²) in [7, 11) is 2.00. The molecule has 1 fully saturated rings. The molecule has 3 nitrogen and oxygen atoms in total. The minimum absolute atomic E-state index is 0.224. The maximum absolute atomic E-state index is 12.7. The molecule has 1 N–H and O–H groups in total. The number of alkyl halides is 3. The van der Waals surface area contributed by atoms with Crippen molar-refractivity contribution >= 4 is 5.91 Å². The standard InChI is InChI=1S/C20H21F3N2O/c1-25-13-5-12-19(14-25,16-6-3-2-4-7-16)24-18(26)15-8-10-17(11-9-15)20(21,22)23/h2-4,6-11H,5,12-14H2,1H3,(H,24,26). The Kier molecular flexibility index (Phi) is 5.05. The first kappa shape index (κ1) is 18.5. The van der Waals surface area contributed by atoms with Crippen LogP contribution >= 0.6 is 0 Å². The third-order valence-corrected chi connectivity index (χ3v) is 4.84. The van der Waals surface area contributed by atoms with Crippen LogP contribution in [0.25, 0.3) is 0 Å². The lowest BCUT2D eigenvalue weighted by atomic mass is 9.82. The van der Waals surface area contributed by atoms with Crippen molar-refractivity contribution in [1.82, 2.24) is 10.2 Å². The number of carbonyl (C=O) groups is 1. The number of hydrogen-bond acceptors (Lipinski definition) is 2. The molecule has 3 rings (SSSR count). The van der Waals surface area contributed by atoms with Gasteiger partial charge in [0.15, 0.2) is 0 Å². The number of likely N-dealkylation sites (tertiary alicyclic amines) is 1. The second kappa shape index (κ2) is 7.11. The van der Waals surface area contributed by atoms with Gasteiger partial charge in [0.1, 0.15) is 0 Å². The summed E-state index contributed by atoms with van der Waals surface area (Å²) >= 11 is 0. The van der Waals surface area contributed by atoms with Gasteiger partial charge in [-0.15, -0.1) is 0 Å². The Morgan fingerprint density at radius 1 is 1.08 bits per heavy atom. The number of hydrogen-bond donors (Lipinski definition) is 1. The highest BCUT2D eigenvalue weighted by molar-refractivity contribution is 5.94. The first-order valence-corrected chi connectivity index (χ1v) is 8.54. The number of rotatable bonds is 3. The van der Waals surface area contributed by atoms with E-state index in [2.05, 4.69) is 10.2 Å². The first-order chi connectivity index (χ1) is 12.3. The Balaban J connectivity index is 1.86. The summed E-state index contributed by atoms with van der Waals surface area (Å²) in [5.41, 5.74) is -0.0776. The smallest absolute Gasteiger partial charge is 0.341 e. The summed E-state index contributed by atoms with van der Waals surface area (Å²) in [4.78, 5) is 14.9. The van der Waals surface area contributed by atoms with Gasteiger partial charge in [0, 0.05) is 12.1 Å². The van der Waals surface area contributed by atoms with E-state index in [1.54, 1.807) is 0 Å². The number of benzene rings is 2. The average Bonchev–Trinajstić information content (AvgIpc) is 2.62. The van der Waals surface area contributed by atoms with Crippen LogP contribution in [-0.2, 0) is 11.7 Å². The number of amides is 1. The summed E-state index contributed by atoms with van der Waals surface area (Å²) in [5, 5.41) is 3.09. The lowest BCUT2D eigenvalue weighted by molar-refractivity contribution is -0.137. The third-order valence-electron chi connectivity index (χ3n) is 4.84. The molecule has 0 radical (unpaired) electrons. The van der Waals surface area contributed by atoms with Crippen LogP contribution in [0.4, 0.5) is 13.2 Å². The lowest BCUT2D eigenvalue weighted by Gasteiger charge is -2.42. The molecule has 2 aromatic carbocycles. The SMILES string of the molecule is CN1CCCC(NC(=O)c2ccc(C(F)(F)F)cc2)(c2ccccc2)C1. The number of nitrogens with zero attached hydrogens (tertiary/aromatic N) is 1. The maximum atomic E-state index is 12.7. The summed E-state index contributed by atoms with van der Waals surface area (Å²) in [5.74, 6) is -0.363. The number of likely N-dealkylation sites (N-methyl/N-ethyl adjacent to an activating group) is 1. The van der Waals surface area contributed by atoms with Crippen molar-refractivity contribution in [3.63, 3.8) is 0 Å². The van der Waals surface area contributed by atoms with Crippen LogP contribution in [0.5, 0.6) is 0 Å². The predicted molar refractivity (Wildman–Crippen MR) is 93.8 cm³/mol. The van der Waals surface area contributed by atoms with Crippen LogP contribution in [0.15, 0.2) is 54.6 Å². The highest BCUT2D eigenvalue weighted by atomic mass is 19.4. The molecule has 0 spiro atoms. The van der Waals surface area contributed by atoms with Crippen molar-refractivity contribution in [3.05, 3.63) is 71.3 Å². The minimum Gasteiger partial charge on any atom is -0.341 e. The molecule has 1 unspecified atom stereocenters. The largest absolute Gasteiger partial charge is 0.416 e. The highest BCUT2D eigenvalue weighted by Crippen LogP contribution is 2.32. The van der Waals surface area contributed by atoms with E-state index in [4.69, 9.17) is 0 Å². The molecular weight excluding hydrogens is 341 g/mol. The quantitative estimate of drug-likeness (QED) is 0.893. The van der Waals surface area contributed by atoms with Crippen molar-refractivity contribution in [2.75, 3.05) is 20.1 Å². The van der Waals surface area contributed by atoms with Gasteiger partial charge in [0.2, 0.25) is 0 Å². The van der Waals surface area contributed by atoms with Gasteiger partial charge < -0.3 is 10.2 Å². The van der Waals surface area contributed by atoms with Gasteiger partial charge in [-0.2, -0.15) is 13.2 Å². The van der Waals surface area contributed by atoms with Gasteiger partial charge in [-0.3, -0.25) is 4.79 Å². The Labute approximate surface area is 150 Å². The van der Waals surface area contributed by atoms with Crippen molar-refractivity contribution in [2.24, 2.45) is 0 Å². The van der Waals surface area contributed by atoms with Gasteiger partial charge in [-0.05, 0) is 56.3 Å². The maximum Gasteiger partial charge on any atom is 0.416 e. The Bertz CT molecular complexity index is 759. The molecule has 1 aliphatic rings. The zero-order chi connectivity index (χ0) is 18.8. The van der Waals surface area contributed by atoms with Gasteiger partial charge in [0.05, 0.1) is 11.1 Å². The summed E-state index contributed by atoms with van der Waals surface area (Å²) in [6.45, 7) is 1.61. The van der Waals surface area contributed by atoms with Crippen LogP contribution in [0, 0.1) is 0 Å². The fraction of sp³-hybridized carbons (Fsp3) is 0.350. The summed E-state index contributed by atoms with van der Waals surface area (Å²) < 4.78 is 38.1. The van der Waals surface area contributed by atoms with Crippen LogP contribution in [0.2, 0.25) is 0 Å². The van der Waals surface area contributed by atoms with E-state index < -0.39 is 17.3 Å². The van der Waals surface area contributed by atoms with Crippen LogP contribution in [0.3, 0.4) is 0 Å². The summed E-state index contributed by atoms with van der Waals surface area (Å²) in [6, 6.07) is 14.1. The molecule has 1 heterocycles. The number of halogens is 3. The molecule has 0 aromatic heterocycles. The fourth-order valence-electron chi connectivity index (χ4n) is 3.54. The van der Waals surface area contributed by atoms with Crippen LogP contribution in [-0.4, -0.2) is 30.9 Å². The minimum atomic E-state index is -4.41. The van der Waals surface area contributed by atoms with E-state index in [-0.39, 0.29) is 11.5 Å². The third kappa shape index (κ3) is 3.90. The molecule has 138 valence electrons. The van der Waals surface area contributed by atoms with E-state index >= 15 is 0 Å². The molecule has 2 aromatic rings. The van der Waals surface area contributed by atoms with Crippen molar-refractivity contribution in [1.29, 1.82) is 0 Å². The van der Waals surface area contributed by atoms with E-state index in [0.29, 0.717) is 6.54 Å². The molecule has 6 heteroatoms. The van der Waals surface area contributed by atoms with Crippen molar-refractivity contribution in [2.45, 2.75) is 24.6 Å². The molecular formula is C20H21F3N2O. The Morgan fingerprint density at radius 3 is 2.31 bits per heavy atom. The number of piperidine rings is 1. The highest BCUT2D eigenvalue weighted by Gasteiger charge is 2.37. The number of nitrogens with one attached hydrogen (secondary N) is 1. The van der Waals surface area contributed by atoms with E-state index in [9.17, 15) is 18.0 Å². The molecule has 1 aliphatic heterocycles. The van der Waals surface area contributed by atoms with Crippen LogP contribution < -0.4 is 5.32 Å². The molecule has 1 atom stereocenters. The number of carbonyl (C=O) groups excluding carboxylic acids is 1. The molecule has 26 heavy (non-hydrogen) atoms. The Morgan fingerprint density at radius 2 is 1.73 bits per heavy atom. The molecule has 1 saturated heterocycles. The predicted octanol–water partition coefficient (Wildman–Crippen LogP) is 4.06. The van der Waals surface area contributed by atoms with Gasteiger partial charge in [0.25, 0.3) is 5.91 Å². The zero-order valence-corrected chi connectivity index (χ0v) is 14.5. The second-order valence-corrected chi connectivity index (χ2v) is 6.82. The molecule has 0 bridgehead atoms. The first-order valence-electron chi connectivity index (χ1n) is 8.54. The van der Waals surface area contributed by atoms with E-state index in [0.717, 1.165) is 37.1 Å². The van der Waals surface area contributed by atoms with E-state index in [1.807, 2.05) is 37.4 Å². The van der Waals surface area contributed by atoms with Gasteiger partial charge in [-0.1, -0.05) is 30.3 Å². The van der Waals surface area contributed by atoms with E-state index in [1.165, 1.54) is 12.1 Å². The Hall–Kier alpha value is -2.34. The summed E-state index contributed by atoms with van der Waals surface area (Å²) in [6.07, 6.45) is -2.70. The molecule has 0 saturated carbocycles. The van der Waals surface area contributed by atoms with Gasteiger partial charge >= 0.3 is 6.18 Å². The van der Waals surface area contributed by atoms with Gasteiger partial charge in [-0.25, -0.2) is 0 Å². The topological polar surface area (TPSA) is 32.3 Å². The van der Waals surface area contributed by atoms with Crippen LogP contribution in [0.1, 0.15) is 34.3 Å². The molecule has 0 aliphatic carbocycles. The zero-order valence-electron chi connectivity index (χ0n) is 14.5. The van der Waals surface area contributed by atoms with Crippen molar-refractivity contribution in [3.8, 4) is 0 Å². The molecule has 1 amide bonds. The second-order valence-electron chi connectivity index (χ2n) is 6.82. The fourth-order valence-corrected chi connectivity index (χ4v) is 3.54. The average molecular weight is 362 g/mol.